The number of benzene rings is 1. The molecule has 12 heavy (non-hydrogen) atoms. The molecule has 0 heterocycles. The van der Waals surface area contributed by atoms with Crippen LogP contribution in [0, 0.1) is 5.41 Å². The molecule has 0 spiro atoms. The van der Waals surface area contributed by atoms with E-state index in [-0.39, 0.29) is 0 Å². The number of ether oxygens (including phenoxy) is 1. The molecule has 1 aromatic rings. The monoisotopic (exact) mass is 164 g/mol. The van der Waals surface area contributed by atoms with E-state index < -0.39 is 0 Å². The van der Waals surface area contributed by atoms with Crippen LogP contribution in [-0.2, 0) is 0 Å². The minimum atomic E-state index is 0.831. The average molecular weight is 164 g/mol. The van der Waals surface area contributed by atoms with E-state index in [1.54, 1.807) is 12.0 Å². The van der Waals surface area contributed by atoms with Crippen molar-refractivity contribution in [3.8, 4) is 5.75 Å². The maximum absolute atomic E-state index is 7.01. The molecule has 0 aliphatic rings. The Bertz CT molecular complexity index is 256. The van der Waals surface area contributed by atoms with Crippen LogP contribution in [0.3, 0.4) is 0 Å². The molecule has 1 aromatic carbocycles. The maximum Gasteiger partial charge on any atom is 0.119 e. The molecule has 3 heteroatoms. The van der Waals surface area contributed by atoms with Crippen LogP contribution in [0.5, 0.6) is 5.75 Å². The summed E-state index contributed by atoms with van der Waals surface area (Å²) < 4.78 is 5.01. The molecule has 0 radical (unpaired) electrons. The first-order valence-electron chi connectivity index (χ1n) is 3.65. The maximum atomic E-state index is 7.01. The van der Waals surface area contributed by atoms with E-state index in [0.29, 0.717) is 0 Å². The molecule has 1 rings (SSSR count). The molecule has 0 bridgehead atoms. The van der Waals surface area contributed by atoms with Gasteiger partial charge in [0.2, 0.25) is 0 Å². The van der Waals surface area contributed by atoms with E-state index in [1.165, 1.54) is 6.34 Å². The highest BCUT2D eigenvalue weighted by atomic mass is 16.5. The molecule has 0 atom stereocenters. The van der Waals surface area contributed by atoms with Crippen molar-refractivity contribution in [2.45, 2.75) is 0 Å². The van der Waals surface area contributed by atoms with Crippen molar-refractivity contribution in [1.29, 1.82) is 5.41 Å². The van der Waals surface area contributed by atoms with Gasteiger partial charge in [0.25, 0.3) is 0 Å². The molecule has 64 valence electrons. The highest BCUT2D eigenvalue weighted by molar-refractivity contribution is 5.76. The van der Waals surface area contributed by atoms with Crippen LogP contribution in [-0.4, -0.2) is 20.5 Å². The lowest BCUT2D eigenvalue weighted by Crippen LogP contribution is -2.12. The number of methoxy groups -OCH3 is 1. The summed E-state index contributed by atoms with van der Waals surface area (Å²) in [7, 11) is 3.46. The normalized spacial score (nSPS) is 9.17. The Kier molecular flexibility index (Phi) is 2.69. The van der Waals surface area contributed by atoms with Crippen LogP contribution >= 0.6 is 0 Å². The van der Waals surface area contributed by atoms with Crippen molar-refractivity contribution >= 4 is 12.0 Å². The first-order chi connectivity index (χ1) is 5.77. The summed E-state index contributed by atoms with van der Waals surface area (Å²) in [5.74, 6) is 0.831. The van der Waals surface area contributed by atoms with E-state index in [4.69, 9.17) is 10.1 Å². The van der Waals surface area contributed by atoms with Gasteiger partial charge >= 0.3 is 0 Å². The lowest BCUT2D eigenvalue weighted by atomic mass is 10.3. The number of hydrogen-bond acceptors (Lipinski definition) is 2. The van der Waals surface area contributed by atoms with E-state index in [0.717, 1.165) is 11.4 Å². The third-order valence-electron chi connectivity index (χ3n) is 1.67. The van der Waals surface area contributed by atoms with Gasteiger partial charge in [0, 0.05) is 12.7 Å². The molecule has 0 saturated heterocycles. The molecule has 3 nitrogen and oxygen atoms in total. The van der Waals surface area contributed by atoms with Crippen LogP contribution in [0.2, 0.25) is 0 Å². The summed E-state index contributed by atoms with van der Waals surface area (Å²) in [6.07, 6.45) is 1.27. The van der Waals surface area contributed by atoms with Gasteiger partial charge in [0.15, 0.2) is 0 Å². The molecular weight excluding hydrogens is 152 g/mol. The summed E-state index contributed by atoms with van der Waals surface area (Å²) in [5.41, 5.74) is 0.978. The molecular formula is C9H12N2O. The highest BCUT2D eigenvalue weighted by Gasteiger charge is 1.96. The molecule has 1 N–H and O–H groups in total. The fraction of sp³-hybridized carbons (Fsp3) is 0.222. The van der Waals surface area contributed by atoms with Crippen LogP contribution in [0.15, 0.2) is 24.3 Å². The molecule has 0 unspecified atom stereocenters. The summed E-state index contributed by atoms with van der Waals surface area (Å²) >= 11 is 0. The fourth-order valence-corrected chi connectivity index (χ4v) is 0.892. The standard InChI is InChI=1S/C9H12N2O/c1-11(7-10)8-3-5-9(12-2)6-4-8/h3-7,10H,1-2H3. The van der Waals surface area contributed by atoms with Gasteiger partial charge in [-0.2, -0.15) is 0 Å². The predicted octanol–water partition coefficient (Wildman–Crippen LogP) is 1.74. The van der Waals surface area contributed by atoms with E-state index in [9.17, 15) is 0 Å². The van der Waals surface area contributed by atoms with Crippen molar-refractivity contribution in [2.24, 2.45) is 0 Å². The Hall–Kier alpha value is -1.51. The molecule has 0 aliphatic carbocycles. The Morgan fingerprint density at radius 3 is 2.33 bits per heavy atom. The number of anilines is 1. The Morgan fingerprint density at radius 2 is 1.92 bits per heavy atom. The second kappa shape index (κ2) is 3.76. The van der Waals surface area contributed by atoms with Crippen molar-refractivity contribution in [1.82, 2.24) is 0 Å². The van der Waals surface area contributed by atoms with Gasteiger partial charge in [-0.25, -0.2) is 0 Å². The van der Waals surface area contributed by atoms with Gasteiger partial charge in [-0.3, -0.25) is 5.41 Å². The van der Waals surface area contributed by atoms with Crippen LogP contribution in [0.4, 0.5) is 5.69 Å². The third-order valence-corrected chi connectivity index (χ3v) is 1.67. The molecule has 0 fully saturated rings. The summed E-state index contributed by atoms with van der Waals surface area (Å²) in [6.45, 7) is 0. The van der Waals surface area contributed by atoms with Gasteiger partial charge in [0.05, 0.1) is 13.4 Å². The second-order valence-corrected chi connectivity index (χ2v) is 2.44. The van der Waals surface area contributed by atoms with Crippen molar-refractivity contribution in [3.63, 3.8) is 0 Å². The van der Waals surface area contributed by atoms with Gasteiger partial charge in [-0.15, -0.1) is 0 Å². The van der Waals surface area contributed by atoms with Gasteiger partial charge in [-0.1, -0.05) is 0 Å². The minimum absolute atomic E-state index is 0.831. The number of nitrogens with zero attached hydrogens (tertiary/aromatic N) is 1. The van der Waals surface area contributed by atoms with Crippen LogP contribution in [0.25, 0.3) is 0 Å². The van der Waals surface area contributed by atoms with Crippen LogP contribution in [0.1, 0.15) is 0 Å². The number of rotatable bonds is 3. The Labute approximate surface area is 72.1 Å². The van der Waals surface area contributed by atoms with Crippen molar-refractivity contribution in [3.05, 3.63) is 24.3 Å². The molecule has 0 amide bonds. The predicted molar refractivity (Wildman–Crippen MR) is 50.2 cm³/mol. The topological polar surface area (TPSA) is 36.3 Å². The van der Waals surface area contributed by atoms with Gasteiger partial charge < -0.3 is 9.64 Å². The summed E-state index contributed by atoms with van der Waals surface area (Å²) in [4.78, 5) is 1.72. The van der Waals surface area contributed by atoms with Crippen molar-refractivity contribution in [2.75, 3.05) is 19.1 Å². The second-order valence-electron chi connectivity index (χ2n) is 2.44. The zero-order valence-corrected chi connectivity index (χ0v) is 7.24. The van der Waals surface area contributed by atoms with Crippen molar-refractivity contribution < 1.29 is 4.74 Å². The minimum Gasteiger partial charge on any atom is -0.497 e. The zero-order valence-electron chi connectivity index (χ0n) is 7.24. The zero-order chi connectivity index (χ0) is 8.97. The lowest BCUT2D eigenvalue weighted by molar-refractivity contribution is 0.415. The fourth-order valence-electron chi connectivity index (χ4n) is 0.892. The van der Waals surface area contributed by atoms with Gasteiger partial charge in [0.1, 0.15) is 5.75 Å². The van der Waals surface area contributed by atoms with Crippen LogP contribution < -0.4 is 9.64 Å². The molecule has 0 aliphatic heterocycles. The lowest BCUT2D eigenvalue weighted by Gasteiger charge is -2.11. The largest absolute Gasteiger partial charge is 0.497 e. The smallest absolute Gasteiger partial charge is 0.119 e. The van der Waals surface area contributed by atoms with E-state index >= 15 is 0 Å². The third kappa shape index (κ3) is 1.75. The quantitative estimate of drug-likeness (QED) is 0.545. The van der Waals surface area contributed by atoms with E-state index in [2.05, 4.69) is 0 Å². The number of hydrogen-bond donors (Lipinski definition) is 1. The average Bonchev–Trinajstić information content (AvgIpc) is 2.17. The van der Waals surface area contributed by atoms with Gasteiger partial charge in [-0.05, 0) is 24.3 Å². The van der Waals surface area contributed by atoms with E-state index in [1.807, 2.05) is 31.3 Å². The summed E-state index contributed by atoms with van der Waals surface area (Å²) in [6, 6.07) is 7.55. The highest BCUT2D eigenvalue weighted by Crippen LogP contribution is 2.16. The SMILES string of the molecule is COc1ccc(N(C)C=N)cc1. The first-order valence-corrected chi connectivity index (χ1v) is 3.65. The Balaban J connectivity index is 2.84. The molecule has 0 aromatic heterocycles. The molecule has 0 saturated carbocycles. The number of nitrogens with one attached hydrogen (secondary N) is 1. The first kappa shape index (κ1) is 8.59. The summed E-state index contributed by atoms with van der Waals surface area (Å²) in [5, 5.41) is 7.01. The Morgan fingerprint density at radius 1 is 1.33 bits per heavy atom.